The van der Waals surface area contributed by atoms with E-state index in [1.54, 1.807) is 12.1 Å². The van der Waals surface area contributed by atoms with Crippen LogP contribution in [0.1, 0.15) is 11.1 Å². The van der Waals surface area contributed by atoms with Crippen molar-refractivity contribution in [2.45, 2.75) is 37.0 Å². The average molecular weight is 532 g/mol. The van der Waals surface area contributed by atoms with E-state index >= 15 is 0 Å². The van der Waals surface area contributed by atoms with Gasteiger partial charge in [0.1, 0.15) is 23.9 Å². The van der Waals surface area contributed by atoms with Crippen molar-refractivity contribution >= 4 is 45.2 Å². The quantitative estimate of drug-likeness (QED) is 0.267. The minimum Gasteiger partial charge on any atom is -0.508 e. The predicted octanol–water partition coefficient (Wildman–Crippen LogP) is -0.161. The van der Waals surface area contributed by atoms with Crippen LogP contribution in [-0.4, -0.2) is 64.4 Å². The molecule has 0 aromatic heterocycles. The zero-order chi connectivity index (χ0) is 26.1. The third kappa shape index (κ3) is 8.18. The largest absolute Gasteiger partial charge is 0.508 e. The van der Waals surface area contributed by atoms with Gasteiger partial charge in [0, 0.05) is 17.9 Å². The van der Waals surface area contributed by atoms with Crippen LogP contribution in [0.15, 0.2) is 54.6 Å². The van der Waals surface area contributed by atoms with Crippen LogP contribution in [0, 0.1) is 0 Å². The number of aromatic hydroxyl groups is 1. The van der Waals surface area contributed by atoms with Crippen molar-refractivity contribution in [2.24, 2.45) is 11.5 Å². The molecule has 3 rings (SSSR count). The normalized spacial score (nSPS) is 21.9. The molecule has 1 unspecified atom stereocenters. The Balaban J connectivity index is 1.74. The smallest absolute Gasteiger partial charge is 0.244 e. The molecule has 1 saturated heterocycles. The van der Waals surface area contributed by atoms with Gasteiger partial charge in [-0.15, -0.1) is 0 Å². The number of benzene rings is 2. The number of rotatable bonds is 7. The second-order valence-electron chi connectivity index (χ2n) is 8.32. The highest BCUT2D eigenvalue weighted by Crippen LogP contribution is 2.24. The van der Waals surface area contributed by atoms with E-state index in [4.69, 9.17) is 11.5 Å². The molecule has 2 aromatic carbocycles. The summed E-state index contributed by atoms with van der Waals surface area (Å²) in [5, 5.41) is 17.4. The molecule has 1 fully saturated rings. The lowest BCUT2D eigenvalue weighted by Crippen LogP contribution is -2.58. The summed E-state index contributed by atoms with van der Waals surface area (Å²) in [6, 6.07) is 11.7. The summed E-state index contributed by atoms with van der Waals surface area (Å²) >= 11 is 0. The Morgan fingerprint density at radius 3 is 2.31 bits per heavy atom. The number of phenolic OH excluding ortho intramolecular Hbond substituents is 1. The van der Waals surface area contributed by atoms with Crippen LogP contribution in [0.25, 0.3) is 0 Å². The first kappa shape index (κ1) is 27.4. The molecule has 1 aliphatic heterocycles. The first-order chi connectivity index (χ1) is 17.2. The maximum absolute atomic E-state index is 13.2. The molecule has 4 atom stereocenters. The first-order valence-electron chi connectivity index (χ1n) is 11.2. The van der Waals surface area contributed by atoms with E-state index in [-0.39, 0.29) is 30.1 Å². The minimum atomic E-state index is -0.986. The number of primary amides is 1. The molecule has 10 nitrogen and oxygen atoms in total. The topological polar surface area (TPSA) is 177 Å². The SMILES string of the molecule is NC(=O)[C@@H]1CSSCC(NC(=O)[C@@H](N)Cc2ccc(O)cc2)C(=O)N[C@@H](Cc2ccccc2)C(=O)N1. The van der Waals surface area contributed by atoms with E-state index in [1.165, 1.54) is 33.7 Å². The van der Waals surface area contributed by atoms with Crippen molar-refractivity contribution in [3.05, 3.63) is 65.7 Å². The fourth-order valence-corrected chi connectivity index (χ4v) is 5.81. The van der Waals surface area contributed by atoms with Gasteiger partial charge in [0.05, 0.1) is 6.04 Å². The summed E-state index contributed by atoms with van der Waals surface area (Å²) in [4.78, 5) is 50.8. The van der Waals surface area contributed by atoms with Crippen LogP contribution in [0.2, 0.25) is 0 Å². The molecule has 0 saturated carbocycles. The summed E-state index contributed by atoms with van der Waals surface area (Å²) in [5.74, 6) is -1.79. The van der Waals surface area contributed by atoms with E-state index in [2.05, 4.69) is 16.0 Å². The summed E-state index contributed by atoms with van der Waals surface area (Å²) < 4.78 is 0. The highest BCUT2D eigenvalue weighted by molar-refractivity contribution is 8.76. The summed E-state index contributed by atoms with van der Waals surface area (Å²) in [7, 11) is 2.54. The highest BCUT2D eigenvalue weighted by atomic mass is 33.1. The maximum atomic E-state index is 13.2. The second kappa shape index (κ2) is 13.2. The van der Waals surface area contributed by atoms with Gasteiger partial charge in [-0.25, -0.2) is 0 Å². The summed E-state index contributed by atoms with van der Waals surface area (Å²) in [6.07, 6.45) is 0.396. The van der Waals surface area contributed by atoms with Gasteiger partial charge in [-0.2, -0.15) is 0 Å². The van der Waals surface area contributed by atoms with Crippen LogP contribution >= 0.6 is 21.6 Å². The number of hydrogen-bond acceptors (Lipinski definition) is 8. The molecule has 12 heteroatoms. The lowest BCUT2D eigenvalue weighted by Gasteiger charge is -2.24. The number of nitrogens with one attached hydrogen (secondary N) is 3. The van der Waals surface area contributed by atoms with Crippen molar-refractivity contribution in [3.63, 3.8) is 0 Å². The Morgan fingerprint density at radius 2 is 1.64 bits per heavy atom. The first-order valence-corrected chi connectivity index (χ1v) is 13.7. The van der Waals surface area contributed by atoms with Gasteiger partial charge in [0.15, 0.2) is 0 Å². The Labute approximate surface area is 216 Å². The fourth-order valence-electron chi connectivity index (χ4n) is 3.47. The minimum absolute atomic E-state index is 0.105. The molecule has 1 heterocycles. The van der Waals surface area contributed by atoms with Gasteiger partial charge in [-0.3, -0.25) is 19.2 Å². The number of hydrogen-bond donors (Lipinski definition) is 6. The molecule has 0 spiro atoms. The third-order valence-corrected chi connectivity index (χ3v) is 7.91. The van der Waals surface area contributed by atoms with Crippen molar-refractivity contribution in [3.8, 4) is 5.75 Å². The molecule has 4 amide bonds. The van der Waals surface area contributed by atoms with Crippen molar-refractivity contribution in [2.75, 3.05) is 11.5 Å². The third-order valence-electron chi connectivity index (χ3n) is 5.49. The van der Waals surface area contributed by atoms with Gasteiger partial charge in [0.25, 0.3) is 0 Å². The predicted molar refractivity (Wildman–Crippen MR) is 140 cm³/mol. The number of carbonyl (C=O) groups excluding carboxylic acids is 4. The van der Waals surface area contributed by atoms with Crippen LogP contribution in [0.4, 0.5) is 0 Å². The van der Waals surface area contributed by atoms with Gasteiger partial charge < -0.3 is 32.5 Å². The van der Waals surface area contributed by atoms with Crippen molar-refractivity contribution in [1.82, 2.24) is 16.0 Å². The molecular weight excluding hydrogens is 502 g/mol. The summed E-state index contributed by atoms with van der Waals surface area (Å²) in [6.45, 7) is 0. The van der Waals surface area contributed by atoms with Crippen LogP contribution in [0.3, 0.4) is 0 Å². The van der Waals surface area contributed by atoms with Gasteiger partial charge >= 0.3 is 0 Å². The second-order valence-corrected chi connectivity index (χ2v) is 10.9. The maximum Gasteiger partial charge on any atom is 0.244 e. The fraction of sp³-hybridized carbons (Fsp3) is 0.333. The van der Waals surface area contributed by atoms with Crippen LogP contribution < -0.4 is 27.4 Å². The molecule has 0 aliphatic carbocycles. The molecule has 2 aromatic rings. The zero-order valence-corrected chi connectivity index (χ0v) is 21.0. The highest BCUT2D eigenvalue weighted by Gasteiger charge is 2.31. The molecule has 192 valence electrons. The Bertz CT molecular complexity index is 1070. The Kier molecular flexibility index (Phi) is 10.0. The van der Waals surface area contributed by atoms with Crippen molar-refractivity contribution < 1.29 is 24.3 Å². The summed E-state index contributed by atoms with van der Waals surface area (Å²) in [5.41, 5.74) is 13.1. The van der Waals surface area contributed by atoms with Crippen LogP contribution in [-0.2, 0) is 32.0 Å². The molecule has 0 radical (unpaired) electrons. The van der Waals surface area contributed by atoms with E-state index in [1.807, 2.05) is 30.3 Å². The standard InChI is InChI=1S/C24H29N5O5S2/c25-17(10-15-6-8-16(30)9-7-15)22(32)29-20-13-36-35-12-19(21(26)31)28-23(33)18(27-24(20)34)11-14-4-2-1-3-5-14/h1-9,17-20,30H,10-13,25H2,(H2,26,31)(H,27,34)(H,28,33)(H,29,32)/t17-,18-,19-,20?/m0/s1. The zero-order valence-electron chi connectivity index (χ0n) is 19.4. The van der Waals surface area contributed by atoms with Crippen LogP contribution in [0.5, 0.6) is 5.75 Å². The number of phenols is 1. The van der Waals surface area contributed by atoms with E-state index in [0.717, 1.165) is 11.1 Å². The number of amides is 4. The van der Waals surface area contributed by atoms with Gasteiger partial charge in [-0.05, 0) is 29.7 Å². The molecule has 1 aliphatic rings. The average Bonchev–Trinajstić information content (AvgIpc) is 2.87. The van der Waals surface area contributed by atoms with Crippen molar-refractivity contribution in [1.29, 1.82) is 0 Å². The number of carbonyl (C=O) groups is 4. The monoisotopic (exact) mass is 531 g/mol. The lowest BCUT2D eigenvalue weighted by molar-refractivity contribution is -0.133. The number of nitrogens with two attached hydrogens (primary N) is 2. The molecule has 8 N–H and O–H groups in total. The van der Waals surface area contributed by atoms with Gasteiger partial charge in [-0.1, -0.05) is 64.1 Å². The molecule has 0 bridgehead atoms. The molecule has 36 heavy (non-hydrogen) atoms. The van der Waals surface area contributed by atoms with E-state index < -0.39 is 47.8 Å². The van der Waals surface area contributed by atoms with E-state index in [9.17, 15) is 24.3 Å². The Hall–Kier alpha value is -3.22. The van der Waals surface area contributed by atoms with Gasteiger partial charge in [0.2, 0.25) is 23.6 Å². The molecular formula is C24H29N5O5S2. The lowest BCUT2D eigenvalue weighted by atomic mass is 10.0. The Morgan fingerprint density at radius 1 is 0.972 bits per heavy atom. The van der Waals surface area contributed by atoms with E-state index in [0.29, 0.717) is 0 Å².